The van der Waals surface area contributed by atoms with Crippen molar-refractivity contribution in [3.8, 4) is 0 Å². The van der Waals surface area contributed by atoms with Crippen LogP contribution in [0.15, 0.2) is 6.33 Å². The fourth-order valence-electron chi connectivity index (χ4n) is 3.75. The average molecular weight is 447 g/mol. The number of nitrogens with one attached hydrogen (secondary N) is 1. The topological polar surface area (TPSA) is 114 Å². The van der Waals surface area contributed by atoms with E-state index in [4.69, 9.17) is 10.5 Å². The largest absolute Gasteiger partial charge is 0.443 e. The molecule has 1 amide bonds. The van der Waals surface area contributed by atoms with Crippen LogP contribution in [0.4, 0.5) is 16.6 Å². The van der Waals surface area contributed by atoms with Crippen LogP contribution in [0.1, 0.15) is 67.2 Å². The maximum absolute atomic E-state index is 12.6. The smallest absolute Gasteiger partial charge is 0.426 e. The summed E-state index contributed by atoms with van der Waals surface area (Å²) in [6, 6.07) is 0.0946. The molecule has 10 heteroatoms. The highest BCUT2D eigenvalue weighted by molar-refractivity contribution is 5.86. The zero-order valence-corrected chi connectivity index (χ0v) is 20.5. The van der Waals surface area contributed by atoms with Gasteiger partial charge in [0, 0.05) is 18.6 Å². The summed E-state index contributed by atoms with van der Waals surface area (Å²) >= 11 is 0. The predicted molar refractivity (Wildman–Crippen MR) is 126 cm³/mol. The van der Waals surface area contributed by atoms with Gasteiger partial charge in [0.2, 0.25) is 5.95 Å². The molecule has 10 nitrogen and oxygen atoms in total. The molecule has 0 saturated heterocycles. The van der Waals surface area contributed by atoms with E-state index < -0.39 is 11.7 Å². The molecule has 3 N–H and O–H groups in total. The summed E-state index contributed by atoms with van der Waals surface area (Å²) < 4.78 is 7.48. The van der Waals surface area contributed by atoms with Crippen LogP contribution in [-0.2, 0) is 11.3 Å². The SMILES string of the molecule is CN(CCn1cnc2c(N(NC(=O)OC(C)(C)C)C3CCCC3)nc(N)nc21)C(C)(C)C. The van der Waals surface area contributed by atoms with E-state index in [9.17, 15) is 4.79 Å². The first-order valence-electron chi connectivity index (χ1n) is 11.3. The van der Waals surface area contributed by atoms with Crippen LogP contribution < -0.4 is 16.2 Å². The number of anilines is 2. The van der Waals surface area contributed by atoms with E-state index in [0.29, 0.717) is 23.5 Å². The number of imidazole rings is 1. The number of ether oxygens (including phenoxy) is 1. The van der Waals surface area contributed by atoms with Gasteiger partial charge in [0.25, 0.3) is 0 Å². The van der Waals surface area contributed by atoms with E-state index >= 15 is 0 Å². The first kappa shape index (κ1) is 24.0. The van der Waals surface area contributed by atoms with Crippen LogP contribution in [0.5, 0.6) is 0 Å². The Hall–Kier alpha value is -2.62. The third-order valence-corrected chi connectivity index (χ3v) is 5.81. The summed E-state index contributed by atoms with van der Waals surface area (Å²) in [5.41, 5.74) is 9.73. The third-order valence-electron chi connectivity index (χ3n) is 5.81. The van der Waals surface area contributed by atoms with Crippen molar-refractivity contribution >= 4 is 29.0 Å². The lowest BCUT2D eigenvalue weighted by Crippen LogP contribution is -2.50. The molecule has 2 heterocycles. The number of rotatable bonds is 6. The average Bonchev–Trinajstić information content (AvgIpc) is 3.31. The highest BCUT2D eigenvalue weighted by atomic mass is 16.6. The standard InChI is InChI=1S/C22H38N8O2/c1-21(2,3)28(7)12-13-29-14-24-16-17(29)25-19(23)26-18(16)30(15-10-8-9-11-15)27-20(31)32-22(4,5)6/h14-15H,8-13H2,1-7H3,(H,27,31)(H2,23,25,26). The second-order valence-electron chi connectivity index (χ2n) is 10.5. The first-order chi connectivity index (χ1) is 14.8. The Bertz CT molecular complexity index is 938. The number of nitrogens with zero attached hydrogens (tertiary/aromatic N) is 6. The predicted octanol–water partition coefficient (Wildman–Crippen LogP) is 3.33. The van der Waals surface area contributed by atoms with Gasteiger partial charge in [-0.15, -0.1) is 0 Å². The molecule has 178 valence electrons. The summed E-state index contributed by atoms with van der Waals surface area (Å²) in [5, 5.41) is 1.78. The highest BCUT2D eigenvalue weighted by Gasteiger charge is 2.30. The van der Waals surface area contributed by atoms with Crippen molar-refractivity contribution in [1.82, 2.24) is 29.8 Å². The molecule has 0 atom stereocenters. The number of likely N-dealkylation sites (N-methyl/N-ethyl adjacent to an activating group) is 1. The van der Waals surface area contributed by atoms with Gasteiger partial charge >= 0.3 is 6.09 Å². The number of carbonyl (C=O) groups is 1. The fourth-order valence-corrected chi connectivity index (χ4v) is 3.75. The van der Waals surface area contributed by atoms with Crippen molar-refractivity contribution in [3.05, 3.63) is 6.33 Å². The molecule has 32 heavy (non-hydrogen) atoms. The van der Waals surface area contributed by atoms with Crippen molar-refractivity contribution < 1.29 is 9.53 Å². The first-order valence-corrected chi connectivity index (χ1v) is 11.3. The molecule has 1 fully saturated rings. The Morgan fingerprint density at radius 1 is 1.22 bits per heavy atom. The summed E-state index contributed by atoms with van der Waals surface area (Å²) in [6.07, 6.45) is 5.31. The van der Waals surface area contributed by atoms with Crippen LogP contribution in [-0.4, -0.2) is 61.3 Å². The molecule has 0 aliphatic heterocycles. The Morgan fingerprint density at radius 2 is 1.88 bits per heavy atom. The monoisotopic (exact) mass is 446 g/mol. The van der Waals surface area contributed by atoms with E-state index in [1.807, 2.05) is 25.3 Å². The van der Waals surface area contributed by atoms with Crippen LogP contribution in [0, 0.1) is 0 Å². The van der Waals surface area contributed by atoms with Gasteiger partial charge in [-0.25, -0.2) is 15.2 Å². The van der Waals surface area contributed by atoms with E-state index in [1.54, 1.807) is 11.3 Å². The van der Waals surface area contributed by atoms with Crippen molar-refractivity contribution in [2.45, 2.75) is 91.0 Å². The lowest BCUT2D eigenvalue weighted by molar-refractivity contribution is 0.0514. The number of aromatic nitrogens is 4. The maximum atomic E-state index is 12.6. The van der Waals surface area contributed by atoms with Crippen molar-refractivity contribution in [1.29, 1.82) is 0 Å². The minimum atomic E-state index is -0.605. The quantitative estimate of drug-likeness (QED) is 0.650. The minimum Gasteiger partial charge on any atom is -0.443 e. The lowest BCUT2D eigenvalue weighted by atomic mass is 10.1. The molecule has 3 rings (SSSR count). The molecule has 1 saturated carbocycles. The van der Waals surface area contributed by atoms with Gasteiger partial charge in [-0.1, -0.05) is 12.8 Å². The van der Waals surface area contributed by atoms with Gasteiger partial charge in [0.15, 0.2) is 17.0 Å². The zero-order valence-electron chi connectivity index (χ0n) is 20.5. The summed E-state index contributed by atoms with van der Waals surface area (Å²) in [4.78, 5) is 28.4. The van der Waals surface area contributed by atoms with Crippen LogP contribution in [0.2, 0.25) is 0 Å². The van der Waals surface area contributed by atoms with Gasteiger partial charge < -0.3 is 15.0 Å². The molecule has 0 unspecified atom stereocenters. The molecular formula is C22H38N8O2. The van der Waals surface area contributed by atoms with E-state index in [2.05, 4.69) is 53.1 Å². The van der Waals surface area contributed by atoms with Crippen LogP contribution >= 0.6 is 0 Å². The van der Waals surface area contributed by atoms with Gasteiger partial charge in [0.05, 0.1) is 12.4 Å². The van der Waals surface area contributed by atoms with Crippen molar-refractivity contribution in [2.75, 3.05) is 24.3 Å². The third kappa shape index (κ3) is 5.79. The Kier molecular flexibility index (Phi) is 6.83. The summed E-state index contributed by atoms with van der Waals surface area (Å²) in [5.74, 6) is 0.653. The molecule has 1 aliphatic carbocycles. The number of nitrogens with two attached hydrogens (primary N) is 1. The molecule has 2 aromatic rings. The summed E-state index contributed by atoms with van der Waals surface area (Å²) in [6.45, 7) is 13.6. The van der Waals surface area contributed by atoms with Gasteiger partial charge in [0.1, 0.15) is 5.60 Å². The highest BCUT2D eigenvalue weighted by Crippen LogP contribution is 2.30. The number of hydrazine groups is 1. The molecule has 0 aromatic carbocycles. The zero-order chi connectivity index (χ0) is 23.7. The Morgan fingerprint density at radius 3 is 2.47 bits per heavy atom. The Balaban J connectivity index is 1.93. The number of hydrogen-bond acceptors (Lipinski definition) is 8. The fraction of sp³-hybridized carbons (Fsp3) is 0.727. The molecule has 0 bridgehead atoms. The van der Waals surface area contributed by atoms with Crippen molar-refractivity contribution in [2.24, 2.45) is 0 Å². The molecule has 0 spiro atoms. The normalized spacial score (nSPS) is 15.5. The number of hydrogen-bond donors (Lipinski definition) is 2. The number of carbonyl (C=O) groups excluding carboxylic acids is 1. The van der Waals surface area contributed by atoms with Gasteiger partial charge in [-0.2, -0.15) is 9.97 Å². The van der Waals surface area contributed by atoms with Gasteiger partial charge in [-0.3, -0.25) is 9.91 Å². The second kappa shape index (κ2) is 9.09. The van der Waals surface area contributed by atoms with Crippen molar-refractivity contribution in [3.63, 3.8) is 0 Å². The number of amides is 1. The van der Waals surface area contributed by atoms with E-state index in [1.165, 1.54) is 0 Å². The van der Waals surface area contributed by atoms with Crippen LogP contribution in [0.25, 0.3) is 11.2 Å². The lowest BCUT2D eigenvalue weighted by Gasteiger charge is -2.32. The van der Waals surface area contributed by atoms with E-state index in [-0.39, 0.29) is 17.5 Å². The van der Waals surface area contributed by atoms with E-state index in [0.717, 1.165) is 32.2 Å². The second-order valence-corrected chi connectivity index (χ2v) is 10.5. The minimum absolute atomic E-state index is 0.0617. The molecule has 2 aromatic heterocycles. The van der Waals surface area contributed by atoms with Crippen LogP contribution in [0.3, 0.4) is 0 Å². The maximum Gasteiger partial charge on any atom is 0.426 e. The molecule has 0 radical (unpaired) electrons. The molecule has 1 aliphatic rings. The number of fused-ring (bicyclic) bond motifs is 1. The number of nitrogen functional groups attached to an aromatic ring is 1. The van der Waals surface area contributed by atoms with Gasteiger partial charge in [-0.05, 0) is 61.4 Å². The summed E-state index contributed by atoms with van der Waals surface area (Å²) in [7, 11) is 2.10. The Labute approximate surface area is 190 Å². The molecular weight excluding hydrogens is 408 g/mol.